The molecule has 1 rings (SSSR count). The van der Waals surface area contributed by atoms with Gasteiger partial charge in [0, 0.05) is 20.2 Å². The minimum absolute atomic E-state index is 0.0770. The summed E-state index contributed by atoms with van der Waals surface area (Å²) in [5.74, 6) is -1.59. The van der Waals surface area contributed by atoms with Gasteiger partial charge in [0.1, 0.15) is 0 Å². The predicted octanol–water partition coefficient (Wildman–Crippen LogP) is 0.538. The van der Waals surface area contributed by atoms with Gasteiger partial charge in [-0.2, -0.15) is 0 Å². The molecule has 0 radical (unpaired) electrons. The summed E-state index contributed by atoms with van der Waals surface area (Å²) in [5, 5.41) is 8.95. The van der Waals surface area contributed by atoms with Gasteiger partial charge in [0.05, 0.1) is 17.8 Å². The fourth-order valence-electron chi connectivity index (χ4n) is 2.09. The van der Waals surface area contributed by atoms with Gasteiger partial charge >= 0.3 is 5.97 Å². The Morgan fingerprint density at radius 2 is 2.22 bits per heavy atom. The van der Waals surface area contributed by atoms with Crippen molar-refractivity contribution in [1.29, 1.82) is 0 Å². The molecule has 0 bridgehead atoms. The maximum Gasteiger partial charge on any atom is 0.307 e. The summed E-state index contributed by atoms with van der Waals surface area (Å²) < 4.78 is 30.6. The molecule has 0 aromatic heterocycles. The lowest BCUT2D eigenvalue weighted by Crippen LogP contribution is -2.45. The van der Waals surface area contributed by atoms with Gasteiger partial charge in [0.25, 0.3) is 0 Å². The zero-order valence-corrected chi connectivity index (χ0v) is 11.6. The van der Waals surface area contributed by atoms with Crippen LogP contribution < -0.4 is 0 Å². The van der Waals surface area contributed by atoms with E-state index in [0.717, 1.165) is 0 Å². The number of hydrogen-bond acceptors (Lipinski definition) is 4. The summed E-state index contributed by atoms with van der Waals surface area (Å²) >= 11 is 0. The average molecular weight is 279 g/mol. The van der Waals surface area contributed by atoms with Gasteiger partial charge in [-0.1, -0.05) is 6.92 Å². The molecule has 0 aromatic rings. The molecule has 2 unspecified atom stereocenters. The van der Waals surface area contributed by atoms with Gasteiger partial charge in [0.2, 0.25) is 10.0 Å². The summed E-state index contributed by atoms with van der Waals surface area (Å²) in [6, 6.07) is 0. The molecule has 1 aliphatic heterocycles. The van der Waals surface area contributed by atoms with Crippen LogP contribution in [0.5, 0.6) is 0 Å². The number of carbonyl (C=O) groups is 1. The van der Waals surface area contributed by atoms with E-state index in [1.54, 1.807) is 0 Å². The molecule has 1 aliphatic rings. The summed E-state index contributed by atoms with van der Waals surface area (Å²) in [6.45, 7) is 2.35. The normalized spacial score (nSPS) is 23.8. The number of piperidine rings is 1. The molecule has 106 valence electrons. The Hall–Kier alpha value is -0.660. The molecule has 1 fully saturated rings. The number of rotatable bonds is 6. The van der Waals surface area contributed by atoms with E-state index in [2.05, 4.69) is 0 Å². The van der Waals surface area contributed by atoms with Crippen molar-refractivity contribution in [2.45, 2.75) is 32.3 Å². The first-order valence-electron chi connectivity index (χ1n) is 6.14. The van der Waals surface area contributed by atoms with E-state index >= 15 is 0 Å². The SMILES string of the molecule is CCC(CS(=O)(=O)N1CCCC(C(=O)O)C1)OC. The molecular weight excluding hydrogens is 258 g/mol. The zero-order valence-electron chi connectivity index (χ0n) is 10.8. The molecule has 2 atom stereocenters. The Bertz CT molecular complexity index is 377. The Labute approximate surface area is 108 Å². The van der Waals surface area contributed by atoms with Crippen LogP contribution >= 0.6 is 0 Å². The second-order valence-electron chi connectivity index (χ2n) is 4.58. The second-order valence-corrected chi connectivity index (χ2v) is 6.59. The minimum Gasteiger partial charge on any atom is -0.481 e. The third-order valence-electron chi connectivity index (χ3n) is 3.31. The molecule has 18 heavy (non-hydrogen) atoms. The second kappa shape index (κ2) is 6.49. The number of ether oxygens (including phenoxy) is 1. The Morgan fingerprint density at radius 1 is 1.56 bits per heavy atom. The van der Waals surface area contributed by atoms with Crippen LogP contribution in [0.25, 0.3) is 0 Å². The molecule has 6 nitrogen and oxygen atoms in total. The van der Waals surface area contributed by atoms with E-state index in [-0.39, 0.29) is 18.4 Å². The molecule has 7 heteroatoms. The largest absolute Gasteiger partial charge is 0.481 e. The number of carboxylic acid groups (broad SMARTS) is 1. The van der Waals surface area contributed by atoms with Crippen LogP contribution in [-0.4, -0.2) is 55.9 Å². The van der Waals surface area contributed by atoms with Crippen molar-refractivity contribution in [1.82, 2.24) is 4.31 Å². The summed E-state index contributed by atoms with van der Waals surface area (Å²) in [7, 11) is -1.94. The highest BCUT2D eigenvalue weighted by atomic mass is 32.2. The van der Waals surface area contributed by atoms with Crippen LogP contribution in [0.15, 0.2) is 0 Å². The van der Waals surface area contributed by atoms with Crippen molar-refractivity contribution in [2.75, 3.05) is 26.0 Å². The summed E-state index contributed by atoms with van der Waals surface area (Å²) in [6.07, 6.45) is 1.43. The van der Waals surface area contributed by atoms with E-state index in [0.29, 0.717) is 25.8 Å². The monoisotopic (exact) mass is 279 g/mol. The van der Waals surface area contributed by atoms with Crippen LogP contribution in [0.4, 0.5) is 0 Å². The number of nitrogens with zero attached hydrogens (tertiary/aromatic N) is 1. The average Bonchev–Trinajstić information content (AvgIpc) is 2.36. The van der Waals surface area contributed by atoms with Crippen molar-refractivity contribution in [2.24, 2.45) is 5.92 Å². The maximum atomic E-state index is 12.1. The summed E-state index contributed by atoms with van der Waals surface area (Å²) in [4.78, 5) is 10.9. The van der Waals surface area contributed by atoms with Crippen LogP contribution in [0.2, 0.25) is 0 Å². The molecule has 0 aliphatic carbocycles. The molecule has 1 N–H and O–H groups in total. The van der Waals surface area contributed by atoms with Gasteiger partial charge in [0.15, 0.2) is 0 Å². The van der Waals surface area contributed by atoms with Crippen LogP contribution in [-0.2, 0) is 19.6 Å². The lowest BCUT2D eigenvalue weighted by atomic mass is 10.0. The number of sulfonamides is 1. The van der Waals surface area contributed by atoms with E-state index in [1.165, 1.54) is 11.4 Å². The molecule has 0 spiro atoms. The van der Waals surface area contributed by atoms with Gasteiger partial charge in [-0.05, 0) is 19.3 Å². The first-order chi connectivity index (χ1) is 8.40. The van der Waals surface area contributed by atoms with E-state index in [9.17, 15) is 13.2 Å². The van der Waals surface area contributed by atoms with Crippen molar-refractivity contribution in [3.05, 3.63) is 0 Å². The van der Waals surface area contributed by atoms with Crippen molar-refractivity contribution >= 4 is 16.0 Å². The Morgan fingerprint density at radius 3 is 2.72 bits per heavy atom. The van der Waals surface area contributed by atoms with Gasteiger partial charge in [-0.3, -0.25) is 4.79 Å². The lowest BCUT2D eigenvalue weighted by Gasteiger charge is -2.30. The Kier molecular flexibility index (Phi) is 5.55. The minimum atomic E-state index is -3.43. The molecule has 0 saturated carbocycles. The quantitative estimate of drug-likeness (QED) is 0.767. The Balaban J connectivity index is 2.69. The van der Waals surface area contributed by atoms with E-state index in [4.69, 9.17) is 9.84 Å². The number of carboxylic acids is 1. The molecular formula is C11H21NO5S. The summed E-state index contributed by atoms with van der Waals surface area (Å²) in [5.41, 5.74) is 0. The third-order valence-corrected chi connectivity index (χ3v) is 5.22. The topological polar surface area (TPSA) is 83.9 Å². The third kappa shape index (κ3) is 3.93. The molecule has 1 heterocycles. The molecule has 0 aromatic carbocycles. The predicted molar refractivity (Wildman–Crippen MR) is 66.8 cm³/mol. The first-order valence-corrected chi connectivity index (χ1v) is 7.75. The number of methoxy groups -OCH3 is 1. The van der Waals surface area contributed by atoms with Gasteiger partial charge in [-0.25, -0.2) is 12.7 Å². The lowest BCUT2D eigenvalue weighted by molar-refractivity contribution is -0.142. The van der Waals surface area contributed by atoms with Gasteiger partial charge in [-0.15, -0.1) is 0 Å². The van der Waals surface area contributed by atoms with Crippen molar-refractivity contribution < 1.29 is 23.1 Å². The molecule has 0 amide bonds. The fraction of sp³-hybridized carbons (Fsp3) is 0.909. The van der Waals surface area contributed by atoms with Crippen molar-refractivity contribution in [3.63, 3.8) is 0 Å². The van der Waals surface area contributed by atoms with Crippen LogP contribution in [0, 0.1) is 5.92 Å². The fourth-order valence-corrected chi connectivity index (χ4v) is 3.96. The van der Waals surface area contributed by atoms with Crippen LogP contribution in [0.3, 0.4) is 0 Å². The van der Waals surface area contributed by atoms with Crippen molar-refractivity contribution in [3.8, 4) is 0 Å². The highest BCUT2D eigenvalue weighted by molar-refractivity contribution is 7.89. The molecule has 1 saturated heterocycles. The zero-order chi connectivity index (χ0) is 13.8. The highest BCUT2D eigenvalue weighted by Gasteiger charge is 2.33. The smallest absolute Gasteiger partial charge is 0.307 e. The van der Waals surface area contributed by atoms with Crippen LogP contribution in [0.1, 0.15) is 26.2 Å². The highest BCUT2D eigenvalue weighted by Crippen LogP contribution is 2.20. The first kappa shape index (κ1) is 15.4. The van der Waals surface area contributed by atoms with Gasteiger partial charge < -0.3 is 9.84 Å². The van der Waals surface area contributed by atoms with E-state index < -0.39 is 21.9 Å². The number of aliphatic carboxylic acids is 1. The maximum absolute atomic E-state index is 12.1. The number of hydrogen-bond donors (Lipinski definition) is 1. The standard InChI is InChI=1S/C11H21NO5S/c1-3-10(17-2)8-18(15,16)12-6-4-5-9(7-12)11(13)14/h9-10H,3-8H2,1-2H3,(H,13,14). The van der Waals surface area contributed by atoms with E-state index in [1.807, 2.05) is 6.92 Å².